The largest absolute Gasteiger partial charge is 0.496 e. The highest BCUT2D eigenvalue weighted by Gasteiger charge is 2.21. The van der Waals surface area contributed by atoms with E-state index in [4.69, 9.17) is 4.74 Å². The number of aryl methyl sites for hydroxylation is 1. The number of hydrogen-bond acceptors (Lipinski definition) is 2. The lowest BCUT2D eigenvalue weighted by atomic mass is 9.93. The lowest BCUT2D eigenvalue weighted by molar-refractivity contribution is 0.397. The molecule has 0 aliphatic rings. The molecule has 21 heavy (non-hydrogen) atoms. The standard InChI is InChI=1S/C18H22BrNO/c1-12-10-15(19)13(2)17(18(12)21-4)16(20-3)11-14-8-6-5-7-9-14/h5-10,16,20H,11H2,1-4H3. The molecule has 0 aromatic heterocycles. The second-order valence-electron chi connectivity index (χ2n) is 5.28. The number of halogens is 1. The normalized spacial score (nSPS) is 12.2. The quantitative estimate of drug-likeness (QED) is 0.854. The highest BCUT2D eigenvalue weighted by molar-refractivity contribution is 9.10. The van der Waals surface area contributed by atoms with Crippen LogP contribution in [0, 0.1) is 13.8 Å². The zero-order valence-electron chi connectivity index (χ0n) is 13.0. The van der Waals surface area contributed by atoms with Gasteiger partial charge >= 0.3 is 0 Å². The maximum Gasteiger partial charge on any atom is 0.126 e. The van der Waals surface area contributed by atoms with Gasteiger partial charge in [0, 0.05) is 16.1 Å². The molecule has 0 saturated carbocycles. The number of methoxy groups -OCH3 is 1. The second-order valence-corrected chi connectivity index (χ2v) is 6.13. The second kappa shape index (κ2) is 7.10. The molecular weight excluding hydrogens is 326 g/mol. The lowest BCUT2D eigenvalue weighted by Crippen LogP contribution is -2.21. The van der Waals surface area contributed by atoms with E-state index in [0.717, 1.165) is 22.2 Å². The Balaban J connectivity index is 2.46. The van der Waals surface area contributed by atoms with E-state index in [1.54, 1.807) is 7.11 Å². The summed E-state index contributed by atoms with van der Waals surface area (Å²) in [7, 11) is 3.75. The number of hydrogen-bond donors (Lipinski definition) is 1. The van der Waals surface area contributed by atoms with E-state index in [9.17, 15) is 0 Å². The molecule has 2 nitrogen and oxygen atoms in total. The fourth-order valence-corrected chi connectivity index (χ4v) is 3.32. The maximum absolute atomic E-state index is 5.67. The summed E-state index contributed by atoms with van der Waals surface area (Å²) in [5.41, 5.74) is 4.93. The molecule has 112 valence electrons. The van der Waals surface area contributed by atoms with Crippen LogP contribution in [0.15, 0.2) is 40.9 Å². The first-order valence-electron chi connectivity index (χ1n) is 7.13. The number of rotatable bonds is 5. The summed E-state index contributed by atoms with van der Waals surface area (Å²) in [6, 6.07) is 12.9. The smallest absolute Gasteiger partial charge is 0.126 e. The fourth-order valence-electron chi connectivity index (χ4n) is 2.76. The Bertz CT molecular complexity index is 610. The molecule has 0 radical (unpaired) electrons. The van der Waals surface area contributed by atoms with E-state index >= 15 is 0 Å². The van der Waals surface area contributed by atoms with Crippen molar-refractivity contribution in [2.24, 2.45) is 0 Å². The molecule has 1 N–H and O–H groups in total. The van der Waals surface area contributed by atoms with Crippen molar-refractivity contribution < 1.29 is 4.74 Å². The predicted octanol–water partition coefficient (Wildman–Crippen LogP) is 4.58. The van der Waals surface area contributed by atoms with E-state index in [-0.39, 0.29) is 6.04 Å². The average molecular weight is 348 g/mol. The van der Waals surface area contributed by atoms with Crippen LogP contribution in [-0.4, -0.2) is 14.2 Å². The van der Waals surface area contributed by atoms with Crippen molar-refractivity contribution in [3.8, 4) is 5.75 Å². The Hall–Kier alpha value is -1.32. The average Bonchev–Trinajstić information content (AvgIpc) is 2.49. The van der Waals surface area contributed by atoms with Gasteiger partial charge in [-0.05, 0) is 50.1 Å². The molecule has 0 fully saturated rings. The van der Waals surface area contributed by atoms with Gasteiger partial charge < -0.3 is 10.1 Å². The van der Waals surface area contributed by atoms with Gasteiger partial charge in [0.1, 0.15) is 5.75 Å². The zero-order valence-corrected chi connectivity index (χ0v) is 14.6. The molecule has 0 aliphatic carbocycles. The van der Waals surface area contributed by atoms with Gasteiger partial charge in [-0.2, -0.15) is 0 Å². The molecule has 1 unspecified atom stereocenters. The van der Waals surface area contributed by atoms with Gasteiger partial charge in [0.15, 0.2) is 0 Å². The predicted molar refractivity (Wildman–Crippen MR) is 92.1 cm³/mol. The van der Waals surface area contributed by atoms with E-state index in [1.165, 1.54) is 16.7 Å². The number of likely N-dealkylation sites (N-methyl/N-ethyl adjacent to an activating group) is 1. The van der Waals surface area contributed by atoms with Gasteiger partial charge in [0.2, 0.25) is 0 Å². The number of ether oxygens (including phenoxy) is 1. The molecule has 0 aliphatic heterocycles. The summed E-state index contributed by atoms with van der Waals surface area (Å²) in [6.45, 7) is 4.22. The van der Waals surface area contributed by atoms with Crippen molar-refractivity contribution in [1.82, 2.24) is 5.32 Å². The Morgan fingerprint density at radius 1 is 1.19 bits per heavy atom. The SMILES string of the molecule is CNC(Cc1ccccc1)c1c(C)c(Br)cc(C)c1OC. The van der Waals surface area contributed by atoms with E-state index in [0.29, 0.717) is 0 Å². The van der Waals surface area contributed by atoms with Crippen molar-refractivity contribution in [3.63, 3.8) is 0 Å². The Morgan fingerprint density at radius 2 is 1.86 bits per heavy atom. The Kier molecular flexibility index (Phi) is 5.43. The third-order valence-corrected chi connectivity index (χ3v) is 4.72. The summed E-state index contributed by atoms with van der Waals surface area (Å²) in [6.07, 6.45) is 0.935. The molecule has 1 atom stereocenters. The topological polar surface area (TPSA) is 21.3 Å². The third-order valence-electron chi connectivity index (χ3n) is 3.89. The lowest BCUT2D eigenvalue weighted by Gasteiger charge is -2.24. The monoisotopic (exact) mass is 347 g/mol. The van der Waals surface area contributed by atoms with Crippen molar-refractivity contribution in [2.75, 3.05) is 14.2 Å². The highest BCUT2D eigenvalue weighted by Crippen LogP contribution is 2.37. The number of benzene rings is 2. The van der Waals surface area contributed by atoms with Crippen LogP contribution in [0.5, 0.6) is 5.75 Å². The molecule has 0 bridgehead atoms. The summed E-state index contributed by atoms with van der Waals surface area (Å²) >= 11 is 3.66. The van der Waals surface area contributed by atoms with Crippen molar-refractivity contribution in [1.29, 1.82) is 0 Å². The van der Waals surface area contributed by atoms with Crippen LogP contribution in [0.25, 0.3) is 0 Å². The summed E-state index contributed by atoms with van der Waals surface area (Å²) in [5, 5.41) is 3.44. The van der Waals surface area contributed by atoms with Crippen LogP contribution >= 0.6 is 15.9 Å². The fraction of sp³-hybridized carbons (Fsp3) is 0.333. The Labute approximate surface area is 135 Å². The van der Waals surface area contributed by atoms with Crippen LogP contribution in [-0.2, 0) is 6.42 Å². The highest BCUT2D eigenvalue weighted by atomic mass is 79.9. The molecule has 2 aromatic carbocycles. The molecule has 3 heteroatoms. The first kappa shape index (κ1) is 16.1. The van der Waals surface area contributed by atoms with Gasteiger partial charge in [0.25, 0.3) is 0 Å². The van der Waals surface area contributed by atoms with Gasteiger partial charge in [-0.3, -0.25) is 0 Å². The maximum atomic E-state index is 5.67. The molecule has 0 spiro atoms. The molecule has 0 saturated heterocycles. The van der Waals surface area contributed by atoms with Crippen LogP contribution in [0.1, 0.15) is 28.3 Å². The molecule has 0 amide bonds. The van der Waals surface area contributed by atoms with Crippen molar-refractivity contribution >= 4 is 15.9 Å². The minimum atomic E-state index is 0.221. The summed E-state index contributed by atoms with van der Waals surface area (Å²) in [5.74, 6) is 0.978. The first-order valence-corrected chi connectivity index (χ1v) is 7.92. The van der Waals surface area contributed by atoms with E-state index in [2.05, 4.69) is 65.4 Å². The Morgan fingerprint density at radius 3 is 2.43 bits per heavy atom. The van der Waals surface area contributed by atoms with Gasteiger partial charge in [0.05, 0.1) is 7.11 Å². The van der Waals surface area contributed by atoms with E-state index in [1.807, 2.05) is 13.1 Å². The van der Waals surface area contributed by atoms with Gasteiger partial charge in [-0.25, -0.2) is 0 Å². The minimum Gasteiger partial charge on any atom is -0.496 e. The van der Waals surface area contributed by atoms with Crippen molar-refractivity contribution in [3.05, 3.63) is 63.1 Å². The third kappa shape index (κ3) is 3.47. The molecule has 2 aromatic rings. The van der Waals surface area contributed by atoms with E-state index < -0.39 is 0 Å². The van der Waals surface area contributed by atoms with Gasteiger partial charge in [-0.15, -0.1) is 0 Å². The molecule has 2 rings (SSSR count). The van der Waals surface area contributed by atoms with Crippen LogP contribution in [0.2, 0.25) is 0 Å². The van der Waals surface area contributed by atoms with Crippen molar-refractivity contribution in [2.45, 2.75) is 26.3 Å². The minimum absolute atomic E-state index is 0.221. The van der Waals surface area contributed by atoms with Crippen LogP contribution in [0.3, 0.4) is 0 Å². The van der Waals surface area contributed by atoms with Gasteiger partial charge in [-0.1, -0.05) is 46.3 Å². The summed E-state index contributed by atoms with van der Waals surface area (Å²) < 4.78 is 6.80. The van der Waals surface area contributed by atoms with Crippen LogP contribution < -0.4 is 10.1 Å². The summed E-state index contributed by atoms with van der Waals surface area (Å²) in [4.78, 5) is 0. The molecular formula is C18H22BrNO. The molecule has 0 heterocycles. The van der Waals surface area contributed by atoms with Crippen LogP contribution in [0.4, 0.5) is 0 Å². The zero-order chi connectivity index (χ0) is 15.4. The number of nitrogens with one attached hydrogen (secondary N) is 1. The first-order chi connectivity index (χ1) is 10.1.